The molecule has 0 atom stereocenters. The number of amides is 1. The van der Waals surface area contributed by atoms with Crippen molar-refractivity contribution in [2.75, 3.05) is 0 Å². The Balaban J connectivity index is 2.03. The summed E-state index contributed by atoms with van der Waals surface area (Å²) in [6.45, 7) is 5.96. The summed E-state index contributed by atoms with van der Waals surface area (Å²) in [5.41, 5.74) is 6.18. The van der Waals surface area contributed by atoms with Gasteiger partial charge in [-0.2, -0.15) is 10.2 Å². The topological polar surface area (TPSA) is 59.3 Å². The van der Waals surface area contributed by atoms with E-state index in [-0.39, 0.29) is 12.5 Å². The number of carbonyl (C=O) groups excluding carboxylic acids is 1. The Labute approximate surface area is 135 Å². The highest BCUT2D eigenvalue weighted by Crippen LogP contribution is 2.11. The maximum absolute atomic E-state index is 12.0. The Morgan fingerprint density at radius 1 is 1.32 bits per heavy atom. The Hall–Kier alpha value is -2.14. The molecule has 0 aliphatic carbocycles. The zero-order chi connectivity index (χ0) is 16.1. The van der Waals surface area contributed by atoms with E-state index >= 15 is 0 Å². The van der Waals surface area contributed by atoms with Crippen LogP contribution >= 0.6 is 11.6 Å². The molecule has 0 radical (unpaired) electrons. The second-order valence-electron chi connectivity index (χ2n) is 5.04. The Bertz CT molecular complexity index is 689. The lowest BCUT2D eigenvalue weighted by atomic mass is 10.1. The molecule has 0 saturated carbocycles. The Morgan fingerprint density at radius 2 is 2.00 bits per heavy atom. The molecule has 5 nitrogen and oxygen atoms in total. The van der Waals surface area contributed by atoms with Crippen LogP contribution in [0.1, 0.15) is 30.3 Å². The summed E-state index contributed by atoms with van der Waals surface area (Å²) in [6.07, 6.45) is 0.710. The zero-order valence-corrected chi connectivity index (χ0v) is 13.7. The molecule has 2 rings (SSSR count). The van der Waals surface area contributed by atoms with Crippen LogP contribution in [0, 0.1) is 13.8 Å². The van der Waals surface area contributed by atoms with Gasteiger partial charge in [0, 0.05) is 10.7 Å². The lowest BCUT2D eigenvalue weighted by Gasteiger charge is -2.06. The van der Waals surface area contributed by atoms with Crippen LogP contribution in [0.3, 0.4) is 0 Å². The quantitative estimate of drug-likeness (QED) is 0.680. The average molecular weight is 319 g/mol. The van der Waals surface area contributed by atoms with Gasteiger partial charge in [0.2, 0.25) is 0 Å². The largest absolute Gasteiger partial charge is 0.271 e. The minimum atomic E-state index is -0.203. The first-order chi connectivity index (χ1) is 10.5. The van der Waals surface area contributed by atoms with Crippen molar-refractivity contribution >= 4 is 23.2 Å². The van der Waals surface area contributed by atoms with Crippen LogP contribution in [-0.2, 0) is 11.3 Å². The summed E-state index contributed by atoms with van der Waals surface area (Å²) in [5.74, 6) is -0.203. The van der Waals surface area contributed by atoms with E-state index < -0.39 is 0 Å². The predicted octanol–water partition coefficient (Wildman–Crippen LogP) is 3.08. The normalized spacial score (nSPS) is 11.5. The van der Waals surface area contributed by atoms with E-state index in [1.54, 1.807) is 16.8 Å². The number of halogens is 1. The van der Waals surface area contributed by atoms with Crippen LogP contribution in [-0.4, -0.2) is 21.4 Å². The number of carbonyl (C=O) groups is 1. The Kier molecular flexibility index (Phi) is 5.33. The van der Waals surface area contributed by atoms with E-state index in [1.165, 1.54) is 0 Å². The summed E-state index contributed by atoms with van der Waals surface area (Å²) >= 11 is 5.87. The molecule has 0 aliphatic rings. The molecule has 6 heteroatoms. The maximum Gasteiger partial charge on any atom is 0.261 e. The first kappa shape index (κ1) is 16.2. The van der Waals surface area contributed by atoms with Gasteiger partial charge in [0.15, 0.2) is 0 Å². The van der Waals surface area contributed by atoms with Crippen molar-refractivity contribution in [3.63, 3.8) is 0 Å². The number of nitrogens with zero attached hydrogens (tertiary/aromatic N) is 3. The van der Waals surface area contributed by atoms with Crippen molar-refractivity contribution in [1.82, 2.24) is 15.2 Å². The van der Waals surface area contributed by atoms with Gasteiger partial charge < -0.3 is 0 Å². The fraction of sp³-hybridized carbons (Fsp3) is 0.312. The molecule has 0 unspecified atom stereocenters. The molecular formula is C16H19ClN4O. The lowest BCUT2D eigenvalue weighted by Crippen LogP contribution is -2.25. The molecule has 1 heterocycles. The summed E-state index contributed by atoms with van der Waals surface area (Å²) in [6, 6.07) is 9.32. The third-order valence-corrected chi connectivity index (χ3v) is 3.48. The molecule has 1 amide bonds. The number of benzene rings is 1. The third kappa shape index (κ3) is 4.18. The molecule has 0 saturated heterocycles. The van der Waals surface area contributed by atoms with Crippen LogP contribution in [0.2, 0.25) is 5.02 Å². The van der Waals surface area contributed by atoms with Crippen LogP contribution < -0.4 is 5.43 Å². The second kappa shape index (κ2) is 7.22. The molecule has 0 fully saturated rings. The number of aromatic nitrogens is 2. The summed E-state index contributed by atoms with van der Waals surface area (Å²) in [5, 5.41) is 9.14. The minimum absolute atomic E-state index is 0.154. The zero-order valence-electron chi connectivity index (χ0n) is 12.9. The third-order valence-electron chi connectivity index (χ3n) is 3.22. The van der Waals surface area contributed by atoms with Crippen molar-refractivity contribution in [3.05, 3.63) is 52.3 Å². The van der Waals surface area contributed by atoms with Gasteiger partial charge >= 0.3 is 0 Å². The van der Waals surface area contributed by atoms with Gasteiger partial charge in [-0.3, -0.25) is 9.48 Å². The van der Waals surface area contributed by atoms with Crippen molar-refractivity contribution in [2.45, 2.75) is 33.7 Å². The highest BCUT2D eigenvalue weighted by molar-refractivity contribution is 6.30. The molecule has 22 heavy (non-hydrogen) atoms. The van der Waals surface area contributed by atoms with Gasteiger partial charge in [0.05, 0.1) is 11.4 Å². The molecule has 0 spiro atoms. The van der Waals surface area contributed by atoms with E-state index in [0.717, 1.165) is 22.7 Å². The van der Waals surface area contributed by atoms with E-state index in [0.29, 0.717) is 11.4 Å². The number of hydrazone groups is 1. The van der Waals surface area contributed by atoms with Crippen molar-refractivity contribution < 1.29 is 4.79 Å². The lowest BCUT2D eigenvalue weighted by molar-refractivity contribution is -0.121. The fourth-order valence-corrected chi connectivity index (χ4v) is 2.25. The highest BCUT2D eigenvalue weighted by atomic mass is 35.5. The average Bonchev–Trinajstić information content (AvgIpc) is 2.79. The molecule has 1 N–H and O–H groups in total. The van der Waals surface area contributed by atoms with Gasteiger partial charge in [0.1, 0.15) is 6.54 Å². The summed E-state index contributed by atoms with van der Waals surface area (Å²) in [7, 11) is 0. The number of hydrogen-bond donors (Lipinski definition) is 1. The fourth-order valence-electron chi connectivity index (χ4n) is 2.13. The Morgan fingerprint density at radius 3 is 2.55 bits per heavy atom. The number of nitrogens with one attached hydrogen (secondary N) is 1. The number of hydrogen-bond acceptors (Lipinski definition) is 3. The second-order valence-corrected chi connectivity index (χ2v) is 5.48. The van der Waals surface area contributed by atoms with Gasteiger partial charge in [-0.25, -0.2) is 5.43 Å². The van der Waals surface area contributed by atoms with Gasteiger partial charge in [-0.15, -0.1) is 0 Å². The van der Waals surface area contributed by atoms with Crippen LogP contribution in [0.15, 0.2) is 35.4 Å². The van der Waals surface area contributed by atoms with Crippen LogP contribution in [0.5, 0.6) is 0 Å². The summed E-state index contributed by atoms with van der Waals surface area (Å²) < 4.78 is 1.66. The van der Waals surface area contributed by atoms with E-state index in [4.69, 9.17) is 11.6 Å². The smallest absolute Gasteiger partial charge is 0.261 e. The first-order valence-corrected chi connectivity index (χ1v) is 7.49. The van der Waals surface area contributed by atoms with Crippen molar-refractivity contribution in [1.29, 1.82) is 0 Å². The van der Waals surface area contributed by atoms with Crippen molar-refractivity contribution in [2.24, 2.45) is 5.10 Å². The molecule has 1 aromatic carbocycles. The molecular weight excluding hydrogens is 300 g/mol. The molecule has 2 aromatic rings. The van der Waals surface area contributed by atoms with Gasteiger partial charge in [0.25, 0.3) is 5.91 Å². The molecule has 1 aromatic heterocycles. The first-order valence-electron chi connectivity index (χ1n) is 7.12. The minimum Gasteiger partial charge on any atom is -0.271 e. The van der Waals surface area contributed by atoms with E-state index in [1.807, 2.05) is 39.0 Å². The van der Waals surface area contributed by atoms with Gasteiger partial charge in [-0.05, 0) is 44.0 Å². The van der Waals surface area contributed by atoms with E-state index in [2.05, 4.69) is 15.6 Å². The van der Waals surface area contributed by atoms with Crippen molar-refractivity contribution in [3.8, 4) is 0 Å². The number of aryl methyl sites for hydroxylation is 2. The summed E-state index contributed by atoms with van der Waals surface area (Å²) in [4.78, 5) is 12.0. The van der Waals surface area contributed by atoms with Crippen LogP contribution in [0.25, 0.3) is 0 Å². The standard InChI is InChI=1S/C16H19ClN4O/c1-4-15(13-5-7-14(17)8-6-13)18-19-16(22)10-21-12(3)9-11(2)20-21/h5-9H,4,10H2,1-3H3,(H,19,22)/b18-15+. The maximum atomic E-state index is 12.0. The van der Waals surface area contributed by atoms with E-state index in [9.17, 15) is 4.79 Å². The molecule has 116 valence electrons. The predicted molar refractivity (Wildman–Crippen MR) is 88.1 cm³/mol. The monoisotopic (exact) mass is 318 g/mol. The van der Waals surface area contributed by atoms with Gasteiger partial charge in [-0.1, -0.05) is 30.7 Å². The number of rotatable bonds is 5. The SMILES string of the molecule is CC/C(=N\NC(=O)Cn1nc(C)cc1C)c1ccc(Cl)cc1. The van der Waals surface area contributed by atoms with Crippen LogP contribution in [0.4, 0.5) is 0 Å². The highest BCUT2D eigenvalue weighted by Gasteiger charge is 2.07. The molecule has 0 bridgehead atoms. The molecule has 0 aliphatic heterocycles.